The van der Waals surface area contributed by atoms with Crippen molar-refractivity contribution >= 4 is 12.3 Å². The Morgan fingerprint density at radius 1 is 1.22 bits per heavy atom. The van der Waals surface area contributed by atoms with Crippen molar-refractivity contribution in [2.75, 3.05) is 26.3 Å². The molecule has 1 amide bonds. The van der Waals surface area contributed by atoms with Crippen LogP contribution in [0.1, 0.15) is 21.6 Å². The lowest BCUT2D eigenvalue weighted by molar-refractivity contribution is 0.0303. The number of benzene rings is 1. The quantitative estimate of drug-likeness (QED) is 0.817. The Balaban J connectivity index is 1.95. The molecule has 0 saturated carbocycles. The van der Waals surface area contributed by atoms with E-state index in [-0.39, 0.29) is 5.91 Å². The van der Waals surface area contributed by atoms with Crippen LogP contribution in [0.15, 0.2) is 30.5 Å². The van der Waals surface area contributed by atoms with Crippen molar-refractivity contribution in [3.8, 4) is 11.1 Å². The molecule has 0 atom stereocenters. The maximum absolute atomic E-state index is 12.6. The van der Waals surface area contributed by atoms with Crippen molar-refractivity contribution < 1.29 is 14.3 Å². The summed E-state index contributed by atoms with van der Waals surface area (Å²) in [5.41, 5.74) is 4.54. The Morgan fingerprint density at radius 3 is 2.61 bits per heavy atom. The lowest BCUT2D eigenvalue weighted by atomic mass is 10.00. The van der Waals surface area contributed by atoms with Crippen LogP contribution in [-0.4, -0.2) is 48.1 Å². The lowest BCUT2D eigenvalue weighted by Gasteiger charge is -2.27. The average Bonchev–Trinajstić information content (AvgIpc) is 2.89. The zero-order chi connectivity index (χ0) is 16.4. The molecule has 0 aliphatic carbocycles. The van der Waals surface area contributed by atoms with Crippen LogP contribution in [-0.2, 0) is 9.53 Å². The van der Waals surface area contributed by atoms with Gasteiger partial charge >= 0.3 is 0 Å². The van der Waals surface area contributed by atoms with Crippen LogP contribution in [0.5, 0.6) is 0 Å². The third kappa shape index (κ3) is 2.92. The van der Waals surface area contributed by atoms with Gasteiger partial charge in [0.15, 0.2) is 0 Å². The summed E-state index contributed by atoms with van der Waals surface area (Å²) in [4.78, 5) is 25.5. The summed E-state index contributed by atoms with van der Waals surface area (Å²) < 4.78 is 6.87. The van der Waals surface area contributed by atoms with E-state index in [2.05, 4.69) is 0 Å². The summed E-state index contributed by atoms with van der Waals surface area (Å²) in [6.45, 7) is 6.31. The summed E-state index contributed by atoms with van der Waals surface area (Å²) in [6, 6.07) is 7.60. The van der Waals surface area contributed by atoms with E-state index in [0.717, 1.165) is 28.8 Å². The fourth-order valence-electron chi connectivity index (χ4n) is 3.09. The van der Waals surface area contributed by atoms with E-state index in [1.54, 1.807) is 4.57 Å². The van der Waals surface area contributed by atoms with E-state index in [0.29, 0.717) is 31.9 Å². The molecule has 0 bridgehead atoms. The molecule has 1 fully saturated rings. The first-order valence-electron chi connectivity index (χ1n) is 7.72. The molecule has 1 aliphatic heterocycles. The van der Waals surface area contributed by atoms with E-state index in [9.17, 15) is 9.59 Å². The van der Waals surface area contributed by atoms with Gasteiger partial charge in [-0.2, -0.15) is 0 Å². The molecular formula is C18H20N2O3. The van der Waals surface area contributed by atoms with Gasteiger partial charge in [0.25, 0.3) is 5.91 Å². The third-order valence-corrected chi connectivity index (χ3v) is 4.29. The number of aryl methyl sites for hydroxylation is 1. The van der Waals surface area contributed by atoms with Gasteiger partial charge in [0.05, 0.1) is 13.2 Å². The predicted octanol–water partition coefficient (Wildman–Crippen LogP) is 2.28. The Labute approximate surface area is 135 Å². The van der Waals surface area contributed by atoms with E-state index in [1.165, 1.54) is 0 Å². The smallest absolute Gasteiger partial charge is 0.254 e. The van der Waals surface area contributed by atoms with Crippen molar-refractivity contribution in [2.24, 2.45) is 0 Å². The molecule has 0 unspecified atom stereocenters. The molecule has 0 radical (unpaired) electrons. The predicted molar refractivity (Wildman–Crippen MR) is 88.2 cm³/mol. The average molecular weight is 312 g/mol. The van der Waals surface area contributed by atoms with Crippen LogP contribution in [0.4, 0.5) is 0 Å². The molecule has 1 aliphatic rings. The molecule has 3 rings (SSSR count). The molecule has 0 N–H and O–H groups in total. The monoisotopic (exact) mass is 312 g/mol. The first-order chi connectivity index (χ1) is 11.1. The Hall–Kier alpha value is -2.40. The molecule has 120 valence electrons. The minimum atomic E-state index is 0.0280. The molecule has 1 saturated heterocycles. The molecule has 5 heteroatoms. The zero-order valence-corrected chi connectivity index (χ0v) is 13.4. The van der Waals surface area contributed by atoms with Crippen LogP contribution < -0.4 is 0 Å². The van der Waals surface area contributed by atoms with E-state index in [4.69, 9.17) is 4.74 Å². The Bertz CT molecular complexity index is 743. The topological polar surface area (TPSA) is 51.5 Å². The SMILES string of the molecule is Cc1cn(C=O)c(C)c1-c1cccc(C(=O)N2CCOCC2)c1. The Morgan fingerprint density at radius 2 is 1.96 bits per heavy atom. The number of rotatable bonds is 3. The fourth-order valence-corrected chi connectivity index (χ4v) is 3.09. The Kier molecular flexibility index (Phi) is 4.30. The minimum absolute atomic E-state index is 0.0280. The van der Waals surface area contributed by atoms with Crippen LogP contribution in [0.3, 0.4) is 0 Å². The second kappa shape index (κ2) is 6.38. The minimum Gasteiger partial charge on any atom is -0.378 e. The van der Waals surface area contributed by atoms with Crippen molar-refractivity contribution in [2.45, 2.75) is 13.8 Å². The van der Waals surface area contributed by atoms with Crippen molar-refractivity contribution in [3.63, 3.8) is 0 Å². The standard InChI is InChI=1S/C18H20N2O3/c1-13-11-20(12-21)14(2)17(13)15-4-3-5-16(10-15)18(22)19-6-8-23-9-7-19/h3-5,10-12H,6-9H2,1-2H3. The van der Waals surface area contributed by atoms with Gasteiger partial charge in [-0.05, 0) is 37.1 Å². The first kappa shape index (κ1) is 15.5. The highest BCUT2D eigenvalue weighted by Crippen LogP contribution is 2.29. The van der Waals surface area contributed by atoms with E-state index in [1.807, 2.05) is 49.2 Å². The molecule has 1 aromatic heterocycles. The van der Waals surface area contributed by atoms with Gasteiger partial charge in [-0.1, -0.05) is 12.1 Å². The van der Waals surface area contributed by atoms with Gasteiger partial charge in [-0.3, -0.25) is 14.2 Å². The van der Waals surface area contributed by atoms with Gasteiger partial charge in [0.2, 0.25) is 6.41 Å². The highest BCUT2D eigenvalue weighted by Gasteiger charge is 2.19. The maximum atomic E-state index is 12.6. The van der Waals surface area contributed by atoms with E-state index < -0.39 is 0 Å². The molecule has 0 spiro atoms. The second-order valence-electron chi connectivity index (χ2n) is 5.77. The van der Waals surface area contributed by atoms with E-state index >= 15 is 0 Å². The summed E-state index contributed by atoms with van der Waals surface area (Å²) in [5, 5.41) is 0. The lowest BCUT2D eigenvalue weighted by Crippen LogP contribution is -2.40. The highest BCUT2D eigenvalue weighted by atomic mass is 16.5. The maximum Gasteiger partial charge on any atom is 0.254 e. The van der Waals surface area contributed by atoms with Gasteiger partial charge in [0, 0.05) is 36.1 Å². The highest BCUT2D eigenvalue weighted by molar-refractivity contribution is 5.95. The molecule has 2 aromatic rings. The van der Waals surface area contributed by atoms with Crippen LogP contribution in [0, 0.1) is 13.8 Å². The zero-order valence-electron chi connectivity index (χ0n) is 13.4. The van der Waals surface area contributed by atoms with Gasteiger partial charge in [-0.25, -0.2) is 0 Å². The second-order valence-corrected chi connectivity index (χ2v) is 5.77. The normalized spacial score (nSPS) is 14.8. The fraction of sp³-hybridized carbons (Fsp3) is 0.333. The van der Waals surface area contributed by atoms with Crippen molar-refractivity contribution in [1.82, 2.24) is 9.47 Å². The van der Waals surface area contributed by atoms with Crippen molar-refractivity contribution in [3.05, 3.63) is 47.3 Å². The number of carbonyl (C=O) groups excluding carboxylic acids is 2. The number of hydrogen-bond acceptors (Lipinski definition) is 3. The summed E-state index contributed by atoms with van der Waals surface area (Å²) in [5.74, 6) is 0.0280. The number of carbonyl (C=O) groups is 2. The van der Waals surface area contributed by atoms with Gasteiger partial charge < -0.3 is 9.64 Å². The van der Waals surface area contributed by atoms with Crippen LogP contribution >= 0.6 is 0 Å². The number of nitrogens with zero attached hydrogens (tertiary/aromatic N) is 2. The first-order valence-corrected chi connectivity index (χ1v) is 7.72. The molecule has 23 heavy (non-hydrogen) atoms. The van der Waals surface area contributed by atoms with Crippen LogP contribution in [0.2, 0.25) is 0 Å². The summed E-state index contributed by atoms with van der Waals surface area (Å²) >= 11 is 0. The summed E-state index contributed by atoms with van der Waals surface area (Å²) in [7, 11) is 0. The molecule has 1 aromatic carbocycles. The number of ether oxygens (including phenoxy) is 1. The van der Waals surface area contributed by atoms with Gasteiger partial charge in [-0.15, -0.1) is 0 Å². The summed E-state index contributed by atoms with van der Waals surface area (Å²) in [6.07, 6.45) is 2.61. The third-order valence-electron chi connectivity index (χ3n) is 4.29. The number of hydrogen-bond donors (Lipinski definition) is 0. The molecule has 2 heterocycles. The number of morpholine rings is 1. The molecule has 5 nitrogen and oxygen atoms in total. The number of amides is 1. The number of aromatic nitrogens is 1. The molecular weight excluding hydrogens is 292 g/mol. The van der Waals surface area contributed by atoms with Crippen LogP contribution in [0.25, 0.3) is 11.1 Å². The van der Waals surface area contributed by atoms with Crippen molar-refractivity contribution in [1.29, 1.82) is 0 Å². The van der Waals surface area contributed by atoms with Gasteiger partial charge in [0.1, 0.15) is 0 Å². The largest absolute Gasteiger partial charge is 0.378 e.